The van der Waals surface area contributed by atoms with E-state index in [1.165, 1.54) is 0 Å². The first-order valence-corrected chi connectivity index (χ1v) is 8.88. The molecule has 0 radical (unpaired) electrons. The van der Waals surface area contributed by atoms with Gasteiger partial charge in [-0.3, -0.25) is 4.79 Å². The molecule has 0 atom stereocenters. The van der Waals surface area contributed by atoms with Gasteiger partial charge in [-0.25, -0.2) is 0 Å². The third-order valence-corrected chi connectivity index (χ3v) is 4.22. The van der Waals surface area contributed by atoms with Crippen LogP contribution in [0.4, 0.5) is 5.69 Å². The molecule has 0 heterocycles. The molecule has 3 nitrogen and oxygen atoms in total. The molecule has 1 N–H and O–H groups in total. The van der Waals surface area contributed by atoms with E-state index in [4.69, 9.17) is 39.5 Å². The minimum Gasteiger partial charge on any atom is -0.488 e. The molecular formula is C20H14Cl3NO2. The number of carbonyl (C=O) groups excluding carboxylic acids is 1. The van der Waals surface area contributed by atoms with Crippen LogP contribution in [0.15, 0.2) is 66.7 Å². The van der Waals surface area contributed by atoms with Crippen molar-refractivity contribution in [1.29, 1.82) is 0 Å². The summed E-state index contributed by atoms with van der Waals surface area (Å²) in [6.07, 6.45) is 0. The fraction of sp³-hybridized carbons (Fsp3) is 0.0500. The number of nitrogens with one attached hydrogen (secondary N) is 1. The van der Waals surface area contributed by atoms with E-state index >= 15 is 0 Å². The van der Waals surface area contributed by atoms with Gasteiger partial charge in [0, 0.05) is 20.8 Å². The number of anilines is 1. The molecule has 26 heavy (non-hydrogen) atoms. The quantitative estimate of drug-likeness (QED) is 0.526. The molecule has 0 spiro atoms. The van der Waals surface area contributed by atoms with E-state index in [-0.39, 0.29) is 5.91 Å². The van der Waals surface area contributed by atoms with Gasteiger partial charge in [0.15, 0.2) is 0 Å². The fourth-order valence-corrected chi connectivity index (χ4v) is 3.06. The molecule has 0 aliphatic carbocycles. The number of benzene rings is 3. The average Bonchev–Trinajstić information content (AvgIpc) is 2.60. The summed E-state index contributed by atoms with van der Waals surface area (Å²) in [6, 6.07) is 19.4. The second-order valence-electron chi connectivity index (χ2n) is 5.53. The topological polar surface area (TPSA) is 38.3 Å². The van der Waals surface area contributed by atoms with E-state index < -0.39 is 0 Å². The lowest BCUT2D eigenvalue weighted by molar-refractivity contribution is 0.102. The van der Waals surface area contributed by atoms with Crippen LogP contribution in [0.3, 0.4) is 0 Å². The molecule has 0 bridgehead atoms. The summed E-state index contributed by atoms with van der Waals surface area (Å²) >= 11 is 18.0. The number of hydrogen-bond acceptors (Lipinski definition) is 2. The lowest BCUT2D eigenvalue weighted by atomic mass is 10.1. The maximum atomic E-state index is 12.7. The molecule has 3 rings (SSSR count). The van der Waals surface area contributed by atoms with Crippen LogP contribution in [0.1, 0.15) is 15.9 Å². The zero-order valence-electron chi connectivity index (χ0n) is 13.5. The van der Waals surface area contributed by atoms with Crippen molar-refractivity contribution in [3.63, 3.8) is 0 Å². The van der Waals surface area contributed by atoms with Crippen LogP contribution in [0.2, 0.25) is 15.1 Å². The highest BCUT2D eigenvalue weighted by molar-refractivity contribution is 6.35. The maximum Gasteiger partial charge on any atom is 0.259 e. The molecular weight excluding hydrogens is 393 g/mol. The van der Waals surface area contributed by atoms with Crippen molar-refractivity contribution in [3.05, 3.63) is 92.9 Å². The monoisotopic (exact) mass is 405 g/mol. The summed E-state index contributed by atoms with van der Waals surface area (Å²) in [5, 5.41) is 4.06. The molecule has 3 aromatic carbocycles. The van der Waals surface area contributed by atoms with Crippen molar-refractivity contribution in [1.82, 2.24) is 0 Å². The minimum absolute atomic E-state index is 0.324. The van der Waals surface area contributed by atoms with Crippen LogP contribution in [-0.4, -0.2) is 5.91 Å². The molecule has 6 heteroatoms. The summed E-state index contributed by atoms with van der Waals surface area (Å²) in [5.41, 5.74) is 1.81. The Kier molecular flexibility index (Phi) is 6.04. The lowest BCUT2D eigenvalue weighted by Gasteiger charge is -2.13. The normalized spacial score (nSPS) is 10.4. The number of ether oxygens (including phenoxy) is 1. The highest BCUT2D eigenvalue weighted by Gasteiger charge is 2.14. The van der Waals surface area contributed by atoms with Gasteiger partial charge in [-0.05, 0) is 42.0 Å². The standard InChI is InChI=1S/C20H14Cl3NO2/c21-14-6-7-19(26-12-13-4-2-1-3-5-13)18(11-14)20(25)24-17-9-15(22)8-16(23)10-17/h1-11H,12H2,(H,24,25). The van der Waals surface area contributed by atoms with Gasteiger partial charge in [0.05, 0.1) is 5.56 Å². The minimum atomic E-state index is -0.367. The molecule has 0 aromatic heterocycles. The number of hydrogen-bond donors (Lipinski definition) is 1. The Morgan fingerprint density at radius 2 is 1.54 bits per heavy atom. The molecule has 0 saturated carbocycles. The lowest BCUT2D eigenvalue weighted by Crippen LogP contribution is -2.14. The van der Waals surface area contributed by atoms with E-state index in [2.05, 4.69) is 5.32 Å². The summed E-state index contributed by atoms with van der Waals surface area (Å²) in [4.78, 5) is 12.7. The summed E-state index contributed by atoms with van der Waals surface area (Å²) in [5.74, 6) is 0.0674. The highest BCUT2D eigenvalue weighted by Crippen LogP contribution is 2.27. The average molecular weight is 407 g/mol. The van der Waals surface area contributed by atoms with Gasteiger partial charge in [-0.1, -0.05) is 65.1 Å². The molecule has 132 valence electrons. The second kappa shape index (κ2) is 8.45. The Morgan fingerprint density at radius 3 is 2.23 bits per heavy atom. The summed E-state index contributed by atoms with van der Waals surface area (Å²) in [6.45, 7) is 0.339. The molecule has 3 aromatic rings. The van der Waals surface area contributed by atoms with E-state index in [1.807, 2.05) is 30.3 Å². The molecule has 0 fully saturated rings. The molecule has 0 unspecified atom stereocenters. The van der Waals surface area contributed by atoms with Gasteiger partial charge in [-0.15, -0.1) is 0 Å². The second-order valence-corrected chi connectivity index (χ2v) is 6.84. The van der Waals surface area contributed by atoms with E-state index in [9.17, 15) is 4.79 Å². The summed E-state index contributed by atoms with van der Waals surface area (Å²) in [7, 11) is 0. The Hall–Kier alpha value is -2.20. The first-order valence-electron chi connectivity index (χ1n) is 7.75. The van der Waals surface area contributed by atoms with Gasteiger partial charge in [0.25, 0.3) is 5.91 Å². The van der Waals surface area contributed by atoms with Gasteiger partial charge < -0.3 is 10.1 Å². The first kappa shape index (κ1) is 18.6. The van der Waals surface area contributed by atoms with Crippen LogP contribution >= 0.6 is 34.8 Å². The predicted molar refractivity (Wildman–Crippen MR) is 107 cm³/mol. The van der Waals surface area contributed by atoms with Crippen molar-refractivity contribution in [2.24, 2.45) is 0 Å². The van der Waals surface area contributed by atoms with Crippen LogP contribution in [0.25, 0.3) is 0 Å². The fourth-order valence-electron chi connectivity index (χ4n) is 2.37. The van der Waals surface area contributed by atoms with Crippen LogP contribution in [-0.2, 0) is 6.61 Å². The molecule has 0 aliphatic rings. The maximum absolute atomic E-state index is 12.7. The smallest absolute Gasteiger partial charge is 0.259 e. The van der Waals surface area contributed by atoms with E-state index in [1.54, 1.807) is 36.4 Å². The van der Waals surface area contributed by atoms with Crippen molar-refractivity contribution in [2.45, 2.75) is 6.61 Å². The van der Waals surface area contributed by atoms with Gasteiger partial charge >= 0.3 is 0 Å². The SMILES string of the molecule is O=C(Nc1cc(Cl)cc(Cl)c1)c1cc(Cl)ccc1OCc1ccccc1. The summed E-state index contributed by atoms with van der Waals surface area (Å²) < 4.78 is 5.81. The number of halogens is 3. The van der Waals surface area contributed by atoms with Crippen molar-refractivity contribution in [3.8, 4) is 5.75 Å². The molecule has 1 amide bonds. The number of amides is 1. The number of carbonyl (C=O) groups is 1. The van der Waals surface area contributed by atoms with E-state index in [0.29, 0.717) is 38.7 Å². The van der Waals surface area contributed by atoms with Gasteiger partial charge in [0.1, 0.15) is 12.4 Å². The zero-order valence-corrected chi connectivity index (χ0v) is 15.8. The Bertz CT molecular complexity index is 909. The zero-order chi connectivity index (χ0) is 18.5. The molecule has 0 saturated heterocycles. The van der Waals surface area contributed by atoms with Crippen molar-refractivity contribution < 1.29 is 9.53 Å². The van der Waals surface area contributed by atoms with Crippen molar-refractivity contribution >= 4 is 46.4 Å². The van der Waals surface area contributed by atoms with Crippen LogP contribution in [0, 0.1) is 0 Å². The third kappa shape index (κ3) is 4.92. The van der Waals surface area contributed by atoms with E-state index in [0.717, 1.165) is 5.56 Å². The molecule has 0 aliphatic heterocycles. The first-order chi connectivity index (χ1) is 12.5. The van der Waals surface area contributed by atoms with Gasteiger partial charge in [-0.2, -0.15) is 0 Å². The van der Waals surface area contributed by atoms with Crippen LogP contribution < -0.4 is 10.1 Å². The third-order valence-electron chi connectivity index (χ3n) is 3.54. The Morgan fingerprint density at radius 1 is 0.846 bits per heavy atom. The predicted octanol–water partition coefficient (Wildman–Crippen LogP) is 6.48. The Balaban J connectivity index is 1.81. The van der Waals surface area contributed by atoms with Gasteiger partial charge in [0.2, 0.25) is 0 Å². The highest BCUT2D eigenvalue weighted by atomic mass is 35.5. The number of rotatable bonds is 5. The largest absolute Gasteiger partial charge is 0.488 e. The van der Waals surface area contributed by atoms with Crippen LogP contribution in [0.5, 0.6) is 5.75 Å². The Labute approximate surface area is 166 Å². The van der Waals surface area contributed by atoms with Crippen molar-refractivity contribution in [2.75, 3.05) is 5.32 Å².